The lowest BCUT2D eigenvalue weighted by Crippen LogP contribution is -2.47. The Hall–Kier alpha value is -3.58. The lowest BCUT2D eigenvalue weighted by atomic mass is 9.54. The minimum atomic E-state index is -0.540. The zero-order valence-electron chi connectivity index (χ0n) is 18.9. The van der Waals surface area contributed by atoms with Gasteiger partial charge in [0.1, 0.15) is 23.5 Å². The molecule has 3 aromatic rings. The van der Waals surface area contributed by atoms with Gasteiger partial charge in [-0.1, -0.05) is 17.7 Å². The summed E-state index contributed by atoms with van der Waals surface area (Å²) in [5.74, 6) is -1.31. The number of halogens is 2. The Bertz CT molecular complexity index is 1340. The summed E-state index contributed by atoms with van der Waals surface area (Å²) >= 11 is 5.80. The zero-order chi connectivity index (χ0) is 24.6. The molecule has 0 saturated heterocycles. The molecule has 0 atom stereocenters. The van der Waals surface area contributed by atoms with Gasteiger partial charge in [-0.3, -0.25) is 9.59 Å². The van der Waals surface area contributed by atoms with Crippen molar-refractivity contribution in [3.05, 3.63) is 58.4 Å². The van der Waals surface area contributed by atoms with Crippen LogP contribution < -0.4 is 10.6 Å². The van der Waals surface area contributed by atoms with Gasteiger partial charge in [0.05, 0.1) is 16.5 Å². The van der Waals surface area contributed by atoms with Gasteiger partial charge < -0.3 is 10.6 Å². The Morgan fingerprint density at radius 2 is 1.86 bits per heavy atom. The van der Waals surface area contributed by atoms with Crippen LogP contribution in [0, 0.1) is 28.0 Å². The normalized spacial score (nSPS) is 23.1. The van der Waals surface area contributed by atoms with Crippen molar-refractivity contribution in [2.24, 2.45) is 10.8 Å². The summed E-state index contributed by atoms with van der Waals surface area (Å²) < 4.78 is 14.7. The number of carbonyl (C=O) groups excluding carboxylic acids is 2. The van der Waals surface area contributed by atoms with E-state index in [1.54, 1.807) is 0 Å². The van der Waals surface area contributed by atoms with E-state index >= 15 is 0 Å². The maximum Gasteiger partial charge on any atom is 0.270 e. The summed E-state index contributed by atoms with van der Waals surface area (Å²) in [6.07, 6.45) is 6.61. The lowest BCUT2D eigenvalue weighted by molar-refractivity contribution is 0.0260. The molecule has 9 nitrogen and oxygen atoms in total. The van der Waals surface area contributed by atoms with Crippen LogP contribution in [0.15, 0.2) is 30.6 Å². The van der Waals surface area contributed by atoms with Crippen molar-refractivity contribution in [3.63, 3.8) is 0 Å². The highest BCUT2D eigenvalue weighted by Crippen LogP contribution is 2.56. The number of amides is 2. The first-order valence-electron chi connectivity index (χ1n) is 11.4. The van der Waals surface area contributed by atoms with Gasteiger partial charge in [0.15, 0.2) is 0 Å². The van der Waals surface area contributed by atoms with Gasteiger partial charge in [0.2, 0.25) is 0 Å². The summed E-state index contributed by atoms with van der Waals surface area (Å²) in [4.78, 5) is 34.2. The number of rotatable bonds is 6. The largest absolute Gasteiger partial charge is 0.350 e. The molecule has 2 amide bonds. The summed E-state index contributed by atoms with van der Waals surface area (Å²) in [6.45, 7) is 0.603. The molecule has 3 saturated carbocycles. The molecular weight excluding hydrogens is 473 g/mol. The molecular formula is C24H23ClFN7O2. The predicted molar refractivity (Wildman–Crippen MR) is 124 cm³/mol. The minimum absolute atomic E-state index is 0.000586. The van der Waals surface area contributed by atoms with Crippen molar-refractivity contribution in [2.45, 2.75) is 45.1 Å². The maximum absolute atomic E-state index is 13.4. The van der Waals surface area contributed by atoms with Crippen molar-refractivity contribution in [1.29, 1.82) is 5.26 Å². The SMILES string of the molecule is N#CC12CCC(CNC(=O)c3cc(C(=O)NCc4ccc(F)c(Cl)c4)nc4ncnn34)(CC1)CC2. The summed E-state index contributed by atoms with van der Waals surface area (Å²) in [7, 11) is 0. The topological polar surface area (TPSA) is 125 Å². The van der Waals surface area contributed by atoms with E-state index in [-0.39, 0.29) is 45.5 Å². The summed E-state index contributed by atoms with van der Waals surface area (Å²) in [5.41, 5.74) is 0.587. The fourth-order valence-electron chi connectivity index (χ4n) is 5.07. The maximum atomic E-state index is 13.4. The molecule has 3 aliphatic carbocycles. The second kappa shape index (κ2) is 8.89. The second-order valence-electron chi connectivity index (χ2n) is 9.50. The minimum Gasteiger partial charge on any atom is -0.350 e. The van der Waals surface area contributed by atoms with Crippen molar-refractivity contribution >= 4 is 29.2 Å². The standard InChI is InChI=1S/C24H23ClFN7O2/c25-16-9-15(1-2-17(16)26)11-28-20(34)18-10-19(33-22(32-18)30-14-31-33)21(35)29-13-24-6-3-23(12-27,4-7-24)5-8-24/h1-2,9-10,14H,3-8,11,13H2,(H,28,34)(H,29,35). The Kier molecular flexibility index (Phi) is 5.89. The quantitative estimate of drug-likeness (QED) is 0.539. The molecule has 2 N–H and O–H groups in total. The van der Waals surface area contributed by atoms with Gasteiger partial charge in [-0.05, 0) is 61.6 Å². The van der Waals surface area contributed by atoms with E-state index in [9.17, 15) is 19.2 Å². The highest BCUT2D eigenvalue weighted by molar-refractivity contribution is 6.30. The van der Waals surface area contributed by atoms with Gasteiger partial charge in [0, 0.05) is 19.2 Å². The number of nitriles is 1. The predicted octanol–water partition coefficient (Wildman–Crippen LogP) is 3.44. The molecule has 2 heterocycles. The molecule has 0 spiro atoms. The third-order valence-corrected chi connectivity index (χ3v) is 7.71. The molecule has 0 aliphatic heterocycles. The van der Waals surface area contributed by atoms with E-state index in [1.165, 1.54) is 35.1 Å². The fourth-order valence-corrected chi connectivity index (χ4v) is 5.27. The third kappa shape index (κ3) is 4.44. The van der Waals surface area contributed by atoms with E-state index in [2.05, 4.69) is 31.8 Å². The number of aromatic nitrogens is 4. The van der Waals surface area contributed by atoms with Crippen molar-refractivity contribution in [1.82, 2.24) is 30.2 Å². The molecule has 35 heavy (non-hydrogen) atoms. The molecule has 11 heteroatoms. The smallest absolute Gasteiger partial charge is 0.270 e. The number of benzene rings is 1. The van der Waals surface area contributed by atoms with Crippen LogP contribution in [0.1, 0.15) is 65.1 Å². The first-order chi connectivity index (χ1) is 16.8. The van der Waals surface area contributed by atoms with Crippen LogP contribution in [-0.2, 0) is 6.54 Å². The van der Waals surface area contributed by atoms with Gasteiger partial charge in [-0.25, -0.2) is 9.37 Å². The van der Waals surface area contributed by atoms with Crippen LogP contribution >= 0.6 is 11.6 Å². The van der Waals surface area contributed by atoms with Crippen molar-refractivity contribution in [2.75, 3.05) is 6.54 Å². The summed E-state index contributed by atoms with van der Waals surface area (Å²) in [5, 5.41) is 19.3. The number of carbonyl (C=O) groups is 2. The zero-order valence-corrected chi connectivity index (χ0v) is 19.6. The molecule has 3 aliphatic rings. The number of fused-ring (bicyclic) bond motifs is 4. The van der Waals surface area contributed by atoms with Crippen LogP contribution in [0.3, 0.4) is 0 Å². The molecule has 1 aromatic carbocycles. The van der Waals surface area contributed by atoms with Crippen LogP contribution in [-0.4, -0.2) is 37.9 Å². The molecule has 2 aromatic heterocycles. The van der Waals surface area contributed by atoms with Gasteiger partial charge in [-0.2, -0.15) is 19.9 Å². The van der Waals surface area contributed by atoms with Crippen LogP contribution in [0.5, 0.6) is 0 Å². The molecule has 180 valence electrons. The Morgan fingerprint density at radius 1 is 1.11 bits per heavy atom. The highest BCUT2D eigenvalue weighted by Gasteiger charge is 2.48. The molecule has 3 fully saturated rings. The number of hydrogen-bond acceptors (Lipinski definition) is 6. The Morgan fingerprint density at radius 3 is 2.54 bits per heavy atom. The first-order valence-corrected chi connectivity index (χ1v) is 11.8. The molecule has 2 bridgehead atoms. The average molecular weight is 496 g/mol. The van der Waals surface area contributed by atoms with E-state index in [0.717, 1.165) is 38.5 Å². The first kappa shape index (κ1) is 23.2. The monoisotopic (exact) mass is 495 g/mol. The number of nitrogens with one attached hydrogen (secondary N) is 2. The molecule has 0 unspecified atom stereocenters. The molecule has 6 rings (SSSR count). The van der Waals surface area contributed by atoms with Crippen molar-refractivity contribution in [3.8, 4) is 6.07 Å². The van der Waals surface area contributed by atoms with Crippen LogP contribution in [0.2, 0.25) is 5.02 Å². The van der Waals surface area contributed by atoms with Crippen LogP contribution in [0.25, 0.3) is 5.78 Å². The van der Waals surface area contributed by atoms with E-state index < -0.39 is 11.7 Å². The van der Waals surface area contributed by atoms with Gasteiger partial charge in [-0.15, -0.1) is 0 Å². The van der Waals surface area contributed by atoms with Gasteiger partial charge >= 0.3 is 0 Å². The van der Waals surface area contributed by atoms with Crippen LogP contribution in [0.4, 0.5) is 4.39 Å². The van der Waals surface area contributed by atoms with Gasteiger partial charge in [0.25, 0.3) is 17.6 Å². The number of hydrogen-bond donors (Lipinski definition) is 2. The molecule has 0 radical (unpaired) electrons. The number of nitrogens with zero attached hydrogens (tertiary/aromatic N) is 5. The van der Waals surface area contributed by atoms with E-state index in [4.69, 9.17) is 11.6 Å². The average Bonchev–Trinajstić information content (AvgIpc) is 3.37. The lowest BCUT2D eigenvalue weighted by Gasteiger charge is -2.50. The van der Waals surface area contributed by atoms with E-state index in [0.29, 0.717) is 12.1 Å². The highest BCUT2D eigenvalue weighted by atomic mass is 35.5. The van der Waals surface area contributed by atoms with Crippen molar-refractivity contribution < 1.29 is 14.0 Å². The Balaban J connectivity index is 1.30. The fraction of sp³-hybridized carbons (Fsp3) is 0.417. The Labute approximate surface area is 205 Å². The third-order valence-electron chi connectivity index (χ3n) is 7.42. The summed E-state index contributed by atoms with van der Waals surface area (Å²) in [6, 6.07) is 8.06. The van der Waals surface area contributed by atoms with E-state index in [1.807, 2.05) is 0 Å². The second-order valence-corrected chi connectivity index (χ2v) is 9.91.